The maximum absolute atomic E-state index is 6.70. The quantitative estimate of drug-likeness (QED) is 0.160. The van der Waals surface area contributed by atoms with Gasteiger partial charge in [0.1, 0.15) is 11.5 Å². The van der Waals surface area contributed by atoms with E-state index in [-0.39, 0.29) is 17.9 Å². The molecule has 7 aromatic rings. The highest BCUT2D eigenvalue weighted by Crippen LogP contribution is 2.50. The number of ether oxygens (including phenoxy) is 1. The van der Waals surface area contributed by atoms with E-state index in [0.717, 1.165) is 42.3 Å². The van der Waals surface area contributed by atoms with Crippen molar-refractivity contribution >= 4 is 21.8 Å². The highest BCUT2D eigenvalue weighted by Gasteiger charge is 2.37. The number of benzene rings is 6. The Morgan fingerprint density at radius 1 is 0.772 bits per heavy atom. The van der Waals surface area contributed by atoms with Crippen molar-refractivity contribution < 1.29 is 4.74 Å². The third-order valence-electron chi connectivity index (χ3n) is 12.0. The molecule has 3 aliphatic rings. The summed E-state index contributed by atoms with van der Waals surface area (Å²) in [5, 5.41) is 2.50. The number of fused-ring (bicyclic) bond motifs is 6. The van der Waals surface area contributed by atoms with Gasteiger partial charge in [-0.3, -0.25) is 4.90 Å². The molecule has 0 radical (unpaired) electrons. The zero-order chi connectivity index (χ0) is 38.3. The van der Waals surface area contributed by atoms with Gasteiger partial charge in [-0.15, -0.1) is 0 Å². The predicted molar refractivity (Wildman–Crippen MR) is 235 cm³/mol. The smallest absolute Gasteiger partial charge is 0.130 e. The first-order chi connectivity index (χ1) is 28.1. The number of para-hydroxylation sites is 2. The van der Waals surface area contributed by atoms with Crippen molar-refractivity contribution in [2.75, 3.05) is 7.05 Å². The van der Waals surface area contributed by atoms with E-state index >= 15 is 0 Å². The fourth-order valence-electron chi connectivity index (χ4n) is 9.11. The number of nitrogens with zero attached hydrogens (tertiary/aromatic N) is 2. The van der Waals surface area contributed by atoms with Crippen LogP contribution in [0.2, 0.25) is 0 Å². The van der Waals surface area contributed by atoms with Gasteiger partial charge < -0.3 is 15.0 Å². The monoisotopic (exact) mass is 739 g/mol. The lowest BCUT2D eigenvalue weighted by Gasteiger charge is -2.27. The molecular formula is C53H45N3O. The third-order valence-corrected chi connectivity index (χ3v) is 12.0. The van der Waals surface area contributed by atoms with E-state index in [1.165, 1.54) is 60.8 Å². The Labute approximate surface area is 334 Å². The Balaban J connectivity index is 0.944. The largest absolute Gasteiger partial charge is 0.461 e. The van der Waals surface area contributed by atoms with E-state index in [1.807, 2.05) is 0 Å². The molecule has 0 fully saturated rings. The average molecular weight is 740 g/mol. The summed E-state index contributed by atoms with van der Waals surface area (Å²) in [6.45, 7) is 0.794. The summed E-state index contributed by atoms with van der Waals surface area (Å²) in [7, 11) is 2.19. The summed E-state index contributed by atoms with van der Waals surface area (Å²) in [6.07, 6.45) is 17.3. The maximum Gasteiger partial charge on any atom is 0.130 e. The molecule has 57 heavy (non-hydrogen) atoms. The van der Waals surface area contributed by atoms with Crippen molar-refractivity contribution in [1.29, 1.82) is 0 Å². The van der Waals surface area contributed by atoms with Crippen molar-refractivity contribution in [3.8, 4) is 22.6 Å². The van der Waals surface area contributed by atoms with Crippen molar-refractivity contribution in [1.82, 2.24) is 9.47 Å². The van der Waals surface area contributed by atoms with Crippen LogP contribution in [0.3, 0.4) is 0 Å². The Morgan fingerprint density at radius 3 is 2.42 bits per heavy atom. The number of allylic oxidation sites excluding steroid dienone is 8. The van der Waals surface area contributed by atoms with E-state index in [4.69, 9.17) is 10.5 Å². The van der Waals surface area contributed by atoms with Gasteiger partial charge in [0.25, 0.3) is 0 Å². The van der Waals surface area contributed by atoms with E-state index in [9.17, 15) is 0 Å². The van der Waals surface area contributed by atoms with E-state index in [2.05, 4.69) is 205 Å². The average Bonchev–Trinajstić information content (AvgIpc) is 3.82. The number of hydrogen-bond acceptors (Lipinski definition) is 3. The maximum atomic E-state index is 6.70. The first-order valence-electron chi connectivity index (χ1n) is 20.1. The summed E-state index contributed by atoms with van der Waals surface area (Å²) >= 11 is 0. The molecule has 0 bridgehead atoms. The van der Waals surface area contributed by atoms with Crippen LogP contribution in [0.25, 0.3) is 38.6 Å². The molecule has 0 saturated heterocycles. The summed E-state index contributed by atoms with van der Waals surface area (Å²) in [4.78, 5) is 2.38. The molecule has 10 rings (SSSR count). The lowest BCUT2D eigenvalue weighted by atomic mass is 9.78. The van der Waals surface area contributed by atoms with Crippen molar-refractivity contribution in [3.05, 3.63) is 227 Å². The molecule has 0 saturated carbocycles. The number of rotatable bonds is 9. The molecule has 0 amide bonds. The molecule has 0 spiro atoms. The van der Waals surface area contributed by atoms with Crippen LogP contribution in [-0.4, -0.2) is 16.5 Å². The number of hydrogen-bond donors (Lipinski definition) is 1. The lowest BCUT2D eigenvalue weighted by Crippen LogP contribution is -2.24. The molecule has 2 heterocycles. The van der Waals surface area contributed by atoms with Gasteiger partial charge in [0.15, 0.2) is 0 Å². The van der Waals surface area contributed by atoms with Gasteiger partial charge in [-0.25, -0.2) is 0 Å². The molecule has 4 nitrogen and oxygen atoms in total. The van der Waals surface area contributed by atoms with Crippen LogP contribution >= 0.6 is 0 Å². The highest BCUT2D eigenvalue weighted by molar-refractivity contribution is 6.10. The Kier molecular flexibility index (Phi) is 9.04. The van der Waals surface area contributed by atoms with Crippen LogP contribution in [0, 0.1) is 0 Å². The molecule has 2 N–H and O–H groups in total. The van der Waals surface area contributed by atoms with Crippen LogP contribution in [0.4, 0.5) is 0 Å². The van der Waals surface area contributed by atoms with Crippen molar-refractivity contribution in [3.63, 3.8) is 0 Å². The molecule has 3 atom stereocenters. The zero-order valence-electron chi connectivity index (χ0n) is 32.1. The zero-order valence-corrected chi connectivity index (χ0v) is 32.1. The third kappa shape index (κ3) is 6.52. The van der Waals surface area contributed by atoms with Gasteiger partial charge in [-0.05, 0) is 102 Å². The van der Waals surface area contributed by atoms with Gasteiger partial charge in [0.05, 0.1) is 23.0 Å². The van der Waals surface area contributed by atoms with Gasteiger partial charge in [0, 0.05) is 40.2 Å². The second kappa shape index (κ2) is 14.8. The fourth-order valence-corrected chi connectivity index (χ4v) is 9.11. The van der Waals surface area contributed by atoms with E-state index < -0.39 is 0 Å². The number of aromatic nitrogens is 1. The molecule has 1 aromatic heterocycles. The van der Waals surface area contributed by atoms with Crippen LogP contribution < -0.4 is 10.5 Å². The Bertz CT molecular complexity index is 2780. The number of likely N-dealkylation sites (N-methyl/N-ethyl adjacent to an activating group) is 1. The molecule has 3 unspecified atom stereocenters. The lowest BCUT2D eigenvalue weighted by molar-refractivity contribution is 0.276. The topological polar surface area (TPSA) is 43.4 Å². The van der Waals surface area contributed by atoms with Gasteiger partial charge >= 0.3 is 0 Å². The standard InChI is InChI=1S/C53H45N3O/c1-55(50(39-16-6-3-7-17-39)34-47(54)38-14-4-2-5-15-38)35-36-26-28-37(29-27-36)40-30-31-49-46(33-40)44-20-8-10-23-48(44)56(49)42-19-12-18-41(32-42)43-22-13-25-52-53(43)45-21-9-11-24-51(45)57-52/h2-4,6-14,16-34,43,50,53H,5,15,35,54H2,1H3/b47-34-. The SMILES string of the molecule is CN(Cc1ccc(-c2ccc3c(c2)c2ccccc2n3-c2cccc(C3C=CC=C4Oc5ccccc5C43)c2)cc1)C(/C=C(\N)C1=CC=CCC1)c1ccccc1. The van der Waals surface area contributed by atoms with Crippen LogP contribution in [-0.2, 0) is 6.54 Å². The highest BCUT2D eigenvalue weighted by atomic mass is 16.5. The van der Waals surface area contributed by atoms with E-state index in [0.29, 0.717) is 0 Å². The van der Waals surface area contributed by atoms with Gasteiger partial charge in [-0.2, -0.15) is 0 Å². The van der Waals surface area contributed by atoms with Crippen LogP contribution in [0.5, 0.6) is 5.75 Å². The molecule has 1 aliphatic heterocycles. The van der Waals surface area contributed by atoms with Gasteiger partial charge in [-0.1, -0.05) is 140 Å². The summed E-state index contributed by atoms with van der Waals surface area (Å²) < 4.78 is 8.72. The normalized spacial score (nSPS) is 18.0. The van der Waals surface area contributed by atoms with Crippen molar-refractivity contribution in [2.24, 2.45) is 5.73 Å². The van der Waals surface area contributed by atoms with Crippen LogP contribution in [0.15, 0.2) is 205 Å². The second-order valence-corrected chi connectivity index (χ2v) is 15.5. The minimum Gasteiger partial charge on any atom is -0.461 e. The van der Waals surface area contributed by atoms with Crippen LogP contribution in [0.1, 0.15) is 53.0 Å². The molecule has 278 valence electrons. The second-order valence-electron chi connectivity index (χ2n) is 15.5. The molecule has 2 aliphatic carbocycles. The first-order valence-corrected chi connectivity index (χ1v) is 20.1. The number of nitrogens with two attached hydrogens (primary N) is 1. The Hall–Kier alpha value is -6.62. The molecule has 6 aromatic carbocycles. The summed E-state index contributed by atoms with van der Waals surface area (Å²) in [6, 6.07) is 53.0. The predicted octanol–water partition coefficient (Wildman–Crippen LogP) is 12.5. The summed E-state index contributed by atoms with van der Waals surface area (Å²) in [5.74, 6) is 2.36. The molecular weight excluding hydrogens is 695 g/mol. The Morgan fingerprint density at radius 2 is 1.56 bits per heavy atom. The first kappa shape index (κ1) is 34.8. The fraction of sp³-hybridized carbons (Fsp3) is 0.132. The minimum atomic E-state index is 0.0555. The van der Waals surface area contributed by atoms with Gasteiger partial charge in [0.2, 0.25) is 0 Å². The van der Waals surface area contributed by atoms with E-state index in [1.54, 1.807) is 0 Å². The minimum absolute atomic E-state index is 0.0555. The van der Waals surface area contributed by atoms with Crippen molar-refractivity contribution in [2.45, 2.75) is 37.3 Å². The molecule has 4 heteroatoms. The summed E-state index contributed by atoms with van der Waals surface area (Å²) in [5.41, 5.74) is 19.8.